The molecule has 27 heavy (non-hydrogen) atoms. The summed E-state index contributed by atoms with van der Waals surface area (Å²) in [6.45, 7) is 0. The zero-order valence-corrected chi connectivity index (χ0v) is 16.3. The third kappa shape index (κ3) is 2.62. The first-order valence-corrected chi connectivity index (χ1v) is 9.05. The summed E-state index contributed by atoms with van der Waals surface area (Å²) < 4.78 is 5.15. The molecule has 2 aromatic heterocycles. The fourth-order valence-corrected chi connectivity index (χ4v) is 3.72. The van der Waals surface area contributed by atoms with Crippen LogP contribution < -0.4 is 11.2 Å². The molecule has 0 radical (unpaired) electrons. The average molecular weight is 426 g/mol. The molecule has 7 heteroatoms. The van der Waals surface area contributed by atoms with Crippen LogP contribution in [0.1, 0.15) is 0 Å². The van der Waals surface area contributed by atoms with Gasteiger partial charge in [-0.1, -0.05) is 40.2 Å². The van der Waals surface area contributed by atoms with Crippen LogP contribution in [0.2, 0.25) is 0 Å². The summed E-state index contributed by atoms with van der Waals surface area (Å²) in [5, 5.41) is 10.8. The van der Waals surface area contributed by atoms with E-state index in [4.69, 9.17) is 0 Å². The van der Waals surface area contributed by atoms with E-state index in [1.165, 1.54) is 11.6 Å². The second-order valence-electron chi connectivity index (χ2n) is 6.31. The van der Waals surface area contributed by atoms with Crippen LogP contribution in [0.3, 0.4) is 0 Å². The Kier molecular flexibility index (Phi) is 4.04. The number of aromatic nitrogens is 3. The van der Waals surface area contributed by atoms with Gasteiger partial charge in [0, 0.05) is 30.3 Å². The predicted octanol–water partition coefficient (Wildman–Crippen LogP) is 3.16. The number of fused-ring (bicyclic) bond motifs is 1. The van der Waals surface area contributed by atoms with Crippen LogP contribution >= 0.6 is 15.9 Å². The number of benzene rings is 2. The van der Waals surface area contributed by atoms with Crippen LogP contribution in [0.5, 0.6) is 5.75 Å². The van der Waals surface area contributed by atoms with Crippen molar-refractivity contribution in [2.45, 2.75) is 0 Å². The van der Waals surface area contributed by atoms with E-state index in [9.17, 15) is 14.7 Å². The van der Waals surface area contributed by atoms with Gasteiger partial charge >= 0.3 is 5.69 Å². The molecule has 2 aromatic carbocycles. The number of hydrogen-bond acceptors (Lipinski definition) is 3. The smallest absolute Gasteiger partial charge is 0.330 e. The van der Waals surface area contributed by atoms with Gasteiger partial charge in [0.15, 0.2) is 0 Å². The number of para-hydroxylation sites is 2. The molecule has 0 saturated heterocycles. The van der Waals surface area contributed by atoms with E-state index < -0.39 is 5.69 Å². The van der Waals surface area contributed by atoms with E-state index in [1.807, 2.05) is 30.3 Å². The highest BCUT2D eigenvalue weighted by Crippen LogP contribution is 2.34. The summed E-state index contributed by atoms with van der Waals surface area (Å²) in [5.41, 5.74) is 1.65. The molecule has 2 heterocycles. The molecule has 0 aliphatic carbocycles. The van der Waals surface area contributed by atoms with Gasteiger partial charge in [0.2, 0.25) is 0 Å². The minimum absolute atomic E-state index is 0.0795. The Bertz CT molecular complexity index is 1310. The Morgan fingerprint density at radius 2 is 1.70 bits per heavy atom. The topological polar surface area (TPSA) is 69.2 Å². The van der Waals surface area contributed by atoms with Gasteiger partial charge in [-0.05, 0) is 24.3 Å². The van der Waals surface area contributed by atoms with Gasteiger partial charge in [-0.2, -0.15) is 0 Å². The number of halogens is 1. The molecule has 0 atom stereocenters. The third-order valence-corrected chi connectivity index (χ3v) is 5.17. The Hall–Kier alpha value is -3.06. The zero-order valence-electron chi connectivity index (χ0n) is 14.7. The molecule has 0 aliphatic heterocycles. The summed E-state index contributed by atoms with van der Waals surface area (Å²) in [7, 11) is 3.09. The fourth-order valence-electron chi connectivity index (χ4n) is 3.32. The molecule has 1 N–H and O–H groups in total. The number of hydrogen-bond donors (Lipinski definition) is 1. The van der Waals surface area contributed by atoms with Gasteiger partial charge in [0.1, 0.15) is 5.75 Å². The summed E-state index contributed by atoms with van der Waals surface area (Å²) in [6.07, 6.45) is 1.71. The van der Waals surface area contributed by atoms with Gasteiger partial charge in [0.25, 0.3) is 5.56 Å². The first-order chi connectivity index (χ1) is 12.9. The van der Waals surface area contributed by atoms with Crippen LogP contribution in [0.15, 0.2) is 68.8 Å². The number of phenolic OH excluding ortho intramolecular Hbond substituents is 1. The Balaban J connectivity index is 2.25. The van der Waals surface area contributed by atoms with E-state index in [2.05, 4.69) is 15.9 Å². The van der Waals surface area contributed by atoms with Crippen molar-refractivity contribution in [2.24, 2.45) is 14.1 Å². The second kappa shape index (κ2) is 6.28. The SMILES string of the molecule is Cn1c(=O)c2c(-c3cccc(Br)c3)n(-c3ccccc3O)cc2n(C)c1=O. The Labute approximate surface area is 162 Å². The van der Waals surface area contributed by atoms with E-state index >= 15 is 0 Å². The number of phenols is 1. The summed E-state index contributed by atoms with van der Waals surface area (Å²) in [4.78, 5) is 25.3. The molecule has 0 unspecified atom stereocenters. The number of nitrogens with zero attached hydrogens (tertiary/aromatic N) is 3. The highest BCUT2D eigenvalue weighted by Gasteiger charge is 2.21. The summed E-state index contributed by atoms with van der Waals surface area (Å²) in [6, 6.07) is 14.4. The van der Waals surface area contributed by atoms with Gasteiger partial charge < -0.3 is 9.67 Å². The normalized spacial score (nSPS) is 11.2. The highest BCUT2D eigenvalue weighted by molar-refractivity contribution is 9.10. The van der Waals surface area contributed by atoms with Crippen LogP contribution in [-0.4, -0.2) is 18.8 Å². The third-order valence-electron chi connectivity index (χ3n) is 4.68. The molecule has 136 valence electrons. The Morgan fingerprint density at radius 3 is 2.41 bits per heavy atom. The monoisotopic (exact) mass is 425 g/mol. The molecular weight excluding hydrogens is 410 g/mol. The highest BCUT2D eigenvalue weighted by atomic mass is 79.9. The van der Waals surface area contributed by atoms with Gasteiger partial charge in [-0.15, -0.1) is 0 Å². The zero-order chi connectivity index (χ0) is 19.3. The van der Waals surface area contributed by atoms with Crippen LogP contribution in [0.25, 0.3) is 27.8 Å². The summed E-state index contributed by atoms with van der Waals surface area (Å²) >= 11 is 3.47. The predicted molar refractivity (Wildman–Crippen MR) is 109 cm³/mol. The lowest BCUT2D eigenvalue weighted by Gasteiger charge is -2.11. The van der Waals surface area contributed by atoms with Crippen LogP contribution in [0, 0.1) is 0 Å². The van der Waals surface area contributed by atoms with Crippen molar-refractivity contribution in [1.82, 2.24) is 13.7 Å². The molecule has 0 fully saturated rings. The van der Waals surface area contributed by atoms with Crippen molar-refractivity contribution >= 4 is 26.8 Å². The maximum absolute atomic E-state index is 13.0. The molecular formula is C20H16BrN3O3. The minimum atomic E-state index is -0.400. The van der Waals surface area contributed by atoms with Gasteiger partial charge in [-0.25, -0.2) is 4.79 Å². The number of aromatic hydroxyl groups is 1. The van der Waals surface area contributed by atoms with E-state index in [-0.39, 0.29) is 11.3 Å². The second-order valence-corrected chi connectivity index (χ2v) is 7.23. The maximum Gasteiger partial charge on any atom is 0.330 e. The van der Waals surface area contributed by atoms with Crippen LogP contribution in [-0.2, 0) is 14.1 Å². The van der Waals surface area contributed by atoms with Crippen molar-refractivity contribution in [3.63, 3.8) is 0 Å². The first kappa shape index (κ1) is 17.4. The molecule has 0 saturated carbocycles. The van der Waals surface area contributed by atoms with Crippen molar-refractivity contribution in [3.05, 3.63) is 80.0 Å². The summed E-state index contributed by atoms with van der Waals surface area (Å²) in [5.74, 6) is 0.0795. The fraction of sp³-hybridized carbons (Fsp3) is 0.100. The molecule has 0 spiro atoms. The largest absolute Gasteiger partial charge is 0.506 e. The van der Waals surface area contributed by atoms with Gasteiger partial charge in [-0.3, -0.25) is 13.9 Å². The molecule has 0 amide bonds. The average Bonchev–Trinajstić information content (AvgIpc) is 3.05. The van der Waals surface area contributed by atoms with Crippen molar-refractivity contribution in [1.29, 1.82) is 0 Å². The van der Waals surface area contributed by atoms with Crippen molar-refractivity contribution in [3.8, 4) is 22.7 Å². The molecule has 4 aromatic rings. The van der Waals surface area contributed by atoms with Crippen molar-refractivity contribution < 1.29 is 5.11 Å². The standard InChI is InChI=1S/C20H16BrN3O3/c1-22-15-11-24(14-8-3-4-9-16(14)25)18(12-6-5-7-13(21)10-12)17(15)19(26)23(2)20(22)27/h3-11,25H,1-2H3. The van der Waals surface area contributed by atoms with E-state index in [0.717, 1.165) is 14.6 Å². The number of aryl methyl sites for hydroxylation is 1. The molecule has 0 aliphatic rings. The first-order valence-electron chi connectivity index (χ1n) is 8.25. The van der Waals surface area contributed by atoms with Crippen LogP contribution in [0.4, 0.5) is 0 Å². The van der Waals surface area contributed by atoms with E-state index in [1.54, 1.807) is 36.0 Å². The molecule has 6 nitrogen and oxygen atoms in total. The number of rotatable bonds is 2. The molecule has 0 bridgehead atoms. The molecule has 4 rings (SSSR count). The quantitative estimate of drug-likeness (QED) is 0.536. The van der Waals surface area contributed by atoms with Gasteiger partial charge in [0.05, 0.1) is 22.3 Å². The van der Waals surface area contributed by atoms with E-state index in [0.29, 0.717) is 22.3 Å². The maximum atomic E-state index is 13.0. The lowest BCUT2D eigenvalue weighted by Crippen LogP contribution is -2.36. The lowest BCUT2D eigenvalue weighted by atomic mass is 10.1. The lowest BCUT2D eigenvalue weighted by molar-refractivity contribution is 0.472. The Morgan fingerprint density at radius 1 is 0.963 bits per heavy atom. The van der Waals surface area contributed by atoms with Crippen molar-refractivity contribution in [2.75, 3.05) is 0 Å². The minimum Gasteiger partial charge on any atom is -0.506 e.